The maximum atomic E-state index is 14.3. The van der Waals surface area contributed by atoms with Crippen LogP contribution in [-0.4, -0.2) is 161 Å². The number of hydrogen-bond acceptors (Lipinski definition) is 14. The molecule has 8 amide bonds. The van der Waals surface area contributed by atoms with Crippen LogP contribution < -0.4 is 32.3 Å². The van der Waals surface area contributed by atoms with E-state index in [-0.39, 0.29) is 72.4 Å². The summed E-state index contributed by atoms with van der Waals surface area (Å²) in [5, 5.41) is 44.5. The molecule has 0 saturated carbocycles. The highest BCUT2D eigenvalue weighted by atomic mass is 16.5. The number of phenols is 2. The van der Waals surface area contributed by atoms with E-state index in [1.807, 2.05) is 13.8 Å². The third kappa shape index (κ3) is 20.1. The van der Waals surface area contributed by atoms with E-state index in [2.05, 4.69) is 33.5 Å². The number of nitrogens with two attached hydrogens (primary N) is 1. The molecule has 0 unspecified atom stereocenters. The quantitative estimate of drug-likeness (QED) is 0.0321. The molecule has 1 saturated heterocycles. The first-order valence-electron chi connectivity index (χ1n) is 28.1. The maximum absolute atomic E-state index is 14.3. The molecular formula is C57H87N9O13. The highest BCUT2D eigenvalue weighted by Crippen LogP contribution is 2.39. The lowest BCUT2D eigenvalue weighted by Gasteiger charge is -2.30. The number of benzene rings is 2. The lowest BCUT2D eigenvalue weighted by Crippen LogP contribution is -2.58. The predicted octanol–water partition coefficient (Wildman–Crippen LogP) is 3.32. The van der Waals surface area contributed by atoms with Gasteiger partial charge < -0.3 is 67.1 Å². The number of aromatic hydroxyl groups is 2. The molecule has 22 heteroatoms. The summed E-state index contributed by atoms with van der Waals surface area (Å²) in [5.41, 5.74) is 6.69. The van der Waals surface area contributed by atoms with Crippen molar-refractivity contribution in [2.75, 3.05) is 46.9 Å². The molecule has 1 fully saturated rings. The van der Waals surface area contributed by atoms with Gasteiger partial charge in [0.2, 0.25) is 41.4 Å². The van der Waals surface area contributed by atoms with Crippen molar-refractivity contribution >= 4 is 53.2 Å². The van der Waals surface area contributed by atoms with Crippen molar-refractivity contribution in [2.24, 2.45) is 11.7 Å². The smallest absolute Gasteiger partial charge is 0.328 e. The van der Waals surface area contributed by atoms with E-state index in [1.54, 1.807) is 0 Å². The van der Waals surface area contributed by atoms with Crippen molar-refractivity contribution in [1.29, 1.82) is 0 Å². The molecule has 6 atom stereocenters. The number of hydrogen-bond donors (Lipinski definition) is 9. The number of ether oxygens (including phenoxy) is 1. The first-order valence-corrected chi connectivity index (χ1v) is 28.1. The Morgan fingerprint density at radius 2 is 1.39 bits per heavy atom. The first-order chi connectivity index (χ1) is 37.7. The Morgan fingerprint density at radius 3 is 2.01 bits per heavy atom. The molecular weight excluding hydrogens is 1020 g/mol. The number of aliphatic hydroxyl groups excluding tert-OH is 1. The zero-order chi connectivity index (χ0) is 58.2. The van der Waals surface area contributed by atoms with Gasteiger partial charge in [-0.05, 0) is 73.9 Å². The molecule has 0 radical (unpaired) electrons. The fourth-order valence-electron chi connectivity index (χ4n) is 9.68. The van der Waals surface area contributed by atoms with Gasteiger partial charge in [0, 0.05) is 51.2 Å². The second kappa shape index (κ2) is 32.9. The number of likely N-dealkylation sites (tertiary alicyclic amines) is 1. The van der Waals surface area contributed by atoms with Gasteiger partial charge in [-0.2, -0.15) is 0 Å². The van der Waals surface area contributed by atoms with Crippen LogP contribution >= 0.6 is 0 Å². The number of phenolic OH excluding ortho intramolecular Hbond substituents is 2. The number of carbonyl (C=O) groups excluding carboxylic acids is 9. The van der Waals surface area contributed by atoms with Crippen molar-refractivity contribution in [3.8, 4) is 22.6 Å². The minimum Gasteiger partial charge on any atom is -0.507 e. The molecule has 2 aliphatic heterocycles. The van der Waals surface area contributed by atoms with Crippen molar-refractivity contribution in [2.45, 2.75) is 180 Å². The van der Waals surface area contributed by atoms with Crippen molar-refractivity contribution in [1.82, 2.24) is 41.3 Å². The Kier molecular flexibility index (Phi) is 27.0. The highest BCUT2D eigenvalue weighted by Gasteiger charge is 2.37. The molecule has 0 spiro atoms. The number of nitrogens with zero attached hydrogens (tertiary/aromatic N) is 3. The third-order valence-electron chi connectivity index (χ3n) is 14.4. The van der Waals surface area contributed by atoms with E-state index < -0.39 is 103 Å². The largest absolute Gasteiger partial charge is 0.507 e. The normalized spacial score (nSPS) is 18.1. The second-order valence-corrected chi connectivity index (χ2v) is 21.2. The number of rotatable bonds is 29. The van der Waals surface area contributed by atoms with Gasteiger partial charge in [-0.25, -0.2) is 4.79 Å². The van der Waals surface area contributed by atoms with Crippen molar-refractivity contribution < 1.29 is 63.2 Å². The lowest BCUT2D eigenvalue weighted by molar-refractivity contribution is -0.154. The van der Waals surface area contributed by atoms with Gasteiger partial charge >= 0.3 is 5.97 Å². The summed E-state index contributed by atoms with van der Waals surface area (Å²) in [5.74, 6) is -7.07. The zero-order valence-electron chi connectivity index (χ0n) is 47.1. The van der Waals surface area contributed by atoms with E-state index in [0.717, 1.165) is 30.6 Å². The van der Waals surface area contributed by atoms with E-state index >= 15 is 0 Å². The number of esters is 1. The molecule has 0 aliphatic carbocycles. The SMILES string of the molecule is CCCCCCCCCCCCCCCC(=O)N(C)[C@H](CCO)C(=O)N[C@H](N)C(=O)NCC(=O)N(C)[C@@H]1C(=O)N[C@@H](C)C(=O)N[C@H](C(=O)NCC(=O)N2CCC[C@H]2C(=O)OCC(C)C)Cc2ccc(O)c(c2)-c2cc1ccc2O. The Labute approximate surface area is 464 Å². The average molecular weight is 1110 g/mol. The van der Waals surface area contributed by atoms with Crippen LogP contribution in [0.4, 0.5) is 0 Å². The van der Waals surface area contributed by atoms with Crippen LogP contribution in [0.5, 0.6) is 11.5 Å². The monoisotopic (exact) mass is 1110 g/mol. The van der Waals surface area contributed by atoms with Crippen LogP contribution in [-0.2, 0) is 54.3 Å². The number of fused-ring (bicyclic) bond motifs is 5. The van der Waals surface area contributed by atoms with E-state index in [4.69, 9.17) is 10.5 Å². The first kappa shape index (κ1) is 64.7. The fourth-order valence-corrected chi connectivity index (χ4v) is 9.68. The van der Waals surface area contributed by atoms with Gasteiger partial charge in [-0.1, -0.05) is 110 Å². The Balaban J connectivity index is 1.39. The molecule has 22 nitrogen and oxygen atoms in total. The summed E-state index contributed by atoms with van der Waals surface area (Å²) in [7, 11) is 2.70. The molecule has 79 heavy (non-hydrogen) atoms. The Morgan fingerprint density at radius 1 is 0.785 bits per heavy atom. The minimum absolute atomic E-state index is 0.0322. The molecule has 2 aliphatic rings. The van der Waals surface area contributed by atoms with Crippen LogP contribution in [0.25, 0.3) is 11.1 Å². The highest BCUT2D eigenvalue weighted by molar-refractivity contribution is 5.97. The molecule has 4 rings (SSSR count). The molecule has 2 aromatic rings. The van der Waals surface area contributed by atoms with Crippen LogP contribution in [0.3, 0.4) is 0 Å². The van der Waals surface area contributed by atoms with Crippen molar-refractivity contribution in [3.05, 3.63) is 47.5 Å². The van der Waals surface area contributed by atoms with Gasteiger partial charge in [-0.15, -0.1) is 0 Å². The lowest BCUT2D eigenvalue weighted by atomic mass is 9.93. The molecule has 0 aromatic heterocycles. The van der Waals surface area contributed by atoms with Gasteiger partial charge in [-0.3, -0.25) is 38.4 Å². The molecule has 2 aromatic carbocycles. The summed E-state index contributed by atoms with van der Waals surface area (Å²) >= 11 is 0. The molecule has 2 heterocycles. The van der Waals surface area contributed by atoms with E-state index in [0.29, 0.717) is 24.8 Å². The van der Waals surface area contributed by atoms with Crippen LogP contribution in [0.2, 0.25) is 0 Å². The molecule has 4 bridgehead atoms. The summed E-state index contributed by atoms with van der Waals surface area (Å²) < 4.78 is 5.37. The second-order valence-electron chi connectivity index (χ2n) is 21.2. The average Bonchev–Trinajstić information content (AvgIpc) is 3.93. The number of nitrogens with one attached hydrogen (secondary N) is 5. The maximum Gasteiger partial charge on any atom is 0.328 e. The van der Waals surface area contributed by atoms with Crippen molar-refractivity contribution in [3.63, 3.8) is 0 Å². The summed E-state index contributed by atoms with van der Waals surface area (Å²) in [6.45, 7) is 6.10. The van der Waals surface area contributed by atoms with Crippen LogP contribution in [0.15, 0.2) is 36.4 Å². The van der Waals surface area contributed by atoms with Gasteiger partial charge in [0.25, 0.3) is 5.91 Å². The van der Waals surface area contributed by atoms with E-state index in [9.17, 15) is 58.5 Å². The van der Waals surface area contributed by atoms with Crippen LogP contribution in [0.1, 0.15) is 154 Å². The zero-order valence-corrected chi connectivity index (χ0v) is 47.1. The number of aliphatic hydroxyl groups is 1. The standard InChI is InChI=1S/C57H87N9O13/c1-7-8-9-10-11-12-13-14-15-16-17-18-19-22-47(70)64(5)43(27-29-67)54(75)63-51(58)56(77)60-33-48(71)65(6)50-39-24-26-46(69)41(32-39)40-30-38(23-25-45(40)68)31-42(62-52(73)37(4)61-55(50)76)53(74)59-34-49(72)66-28-20-21-44(66)57(78)79-35-36(2)3/h23-26,30,32,36-37,42-44,50-51,67-69H,7-22,27-29,31,33-35,58H2,1-6H3,(H,59,74)(H,60,77)(H,61,76)(H,62,73)(H,63,75)/t37-,42-,43+,44-,50-,51-/m0/s1. The number of carbonyl (C=O) groups is 9. The summed E-state index contributed by atoms with van der Waals surface area (Å²) in [4.78, 5) is 125. The number of unbranched alkanes of at least 4 members (excludes halogenated alkanes) is 12. The number of amides is 8. The third-order valence-corrected chi connectivity index (χ3v) is 14.4. The topological polar surface area (TPSA) is 319 Å². The number of likely N-dealkylation sites (N-methyl/N-ethyl adjacent to an activating group) is 2. The van der Waals surface area contributed by atoms with Gasteiger partial charge in [0.15, 0.2) is 6.17 Å². The predicted molar refractivity (Wildman–Crippen MR) is 295 cm³/mol. The minimum atomic E-state index is -1.70. The van der Waals surface area contributed by atoms with Gasteiger partial charge in [0.1, 0.15) is 41.7 Å². The molecule has 10 N–H and O–H groups in total. The Hall–Kier alpha value is -6.81. The molecule has 438 valence electrons. The summed E-state index contributed by atoms with van der Waals surface area (Å²) in [6, 6.07) is 2.08. The Bertz CT molecular complexity index is 2400. The van der Waals surface area contributed by atoms with Crippen LogP contribution in [0, 0.1) is 5.92 Å². The van der Waals surface area contributed by atoms with E-state index in [1.165, 1.54) is 119 Å². The van der Waals surface area contributed by atoms with Gasteiger partial charge in [0.05, 0.1) is 19.7 Å². The fraction of sp³-hybridized carbons (Fsp3) is 0.632. The summed E-state index contributed by atoms with van der Waals surface area (Å²) in [6.07, 6.45) is 14.1.